The van der Waals surface area contributed by atoms with Gasteiger partial charge in [0.15, 0.2) is 0 Å². The Balaban J connectivity index is 2.64. The number of nitrogens with one attached hydrogen (secondary N) is 1. The first-order valence-corrected chi connectivity index (χ1v) is 5.82. The predicted octanol–water partition coefficient (Wildman–Crippen LogP) is 2.77. The highest BCUT2D eigenvalue weighted by Gasteiger charge is 2.03. The second-order valence-corrected chi connectivity index (χ2v) is 4.43. The van der Waals surface area contributed by atoms with E-state index in [1.54, 1.807) is 0 Å². The molecule has 1 N–H and O–H groups in total. The minimum absolute atomic E-state index is 0.433. The SMILES string of the molecule is Cc1ccc(C(C)C)cc1CCNCC#N. The van der Waals surface area contributed by atoms with Gasteiger partial charge in [0.1, 0.15) is 0 Å². The van der Waals surface area contributed by atoms with Gasteiger partial charge in [0.05, 0.1) is 12.6 Å². The van der Waals surface area contributed by atoms with Crippen LogP contribution >= 0.6 is 0 Å². The molecule has 16 heavy (non-hydrogen) atoms. The summed E-state index contributed by atoms with van der Waals surface area (Å²) in [6.45, 7) is 7.87. The molecule has 0 unspecified atom stereocenters. The Hall–Kier alpha value is -1.33. The van der Waals surface area contributed by atoms with Crippen LogP contribution in [0, 0.1) is 18.3 Å². The van der Waals surface area contributed by atoms with Crippen molar-refractivity contribution in [3.8, 4) is 6.07 Å². The van der Waals surface area contributed by atoms with Gasteiger partial charge in [-0.3, -0.25) is 0 Å². The fraction of sp³-hybridized carbons (Fsp3) is 0.500. The van der Waals surface area contributed by atoms with Gasteiger partial charge >= 0.3 is 0 Å². The highest BCUT2D eigenvalue weighted by atomic mass is 14.8. The van der Waals surface area contributed by atoms with Crippen molar-refractivity contribution in [3.05, 3.63) is 34.9 Å². The van der Waals surface area contributed by atoms with Crippen molar-refractivity contribution in [3.63, 3.8) is 0 Å². The first-order valence-electron chi connectivity index (χ1n) is 5.82. The molecular formula is C14H20N2. The molecule has 1 aromatic rings. The van der Waals surface area contributed by atoms with Crippen LogP contribution in [0.15, 0.2) is 18.2 Å². The maximum atomic E-state index is 8.42. The predicted molar refractivity (Wildman–Crippen MR) is 67.5 cm³/mol. The van der Waals surface area contributed by atoms with E-state index in [0.717, 1.165) is 13.0 Å². The topological polar surface area (TPSA) is 35.8 Å². The lowest BCUT2D eigenvalue weighted by Gasteiger charge is -2.11. The Morgan fingerprint density at radius 2 is 2.12 bits per heavy atom. The van der Waals surface area contributed by atoms with Gasteiger partial charge in [-0.1, -0.05) is 32.0 Å². The first kappa shape index (κ1) is 12.7. The summed E-state index contributed by atoms with van der Waals surface area (Å²) in [5.74, 6) is 0.575. The molecular weight excluding hydrogens is 196 g/mol. The summed E-state index contributed by atoms with van der Waals surface area (Å²) in [5, 5.41) is 11.5. The normalized spacial score (nSPS) is 10.4. The number of nitrogens with zero attached hydrogens (tertiary/aromatic N) is 1. The smallest absolute Gasteiger partial charge is 0.0841 e. The molecule has 0 aliphatic rings. The molecule has 0 saturated carbocycles. The summed E-state index contributed by atoms with van der Waals surface area (Å²) in [6.07, 6.45) is 0.994. The summed E-state index contributed by atoms with van der Waals surface area (Å²) >= 11 is 0. The molecule has 0 fully saturated rings. The van der Waals surface area contributed by atoms with Crippen LogP contribution in [0.5, 0.6) is 0 Å². The van der Waals surface area contributed by atoms with E-state index in [2.05, 4.69) is 50.4 Å². The number of benzene rings is 1. The fourth-order valence-electron chi connectivity index (χ4n) is 1.69. The van der Waals surface area contributed by atoms with E-state index in [1.165, 1.54) is 16.7 Å². The van der Waals surface area contributed by atoms with Crippen LogP contribution in [0.3, 0.4) is 0 Å². The second kappa shape index (κ2) is 6.30. The molecule has 2 nitrogen and oxygen atoms in total. The van der Waals surface area contributed by atoms with Gasteiger partial charge in [-0.2, -0.15) is 5.26 Å². The lowest BCUT2D eigenvalue weighted by molar-refractivity contribution is 0.745. The molecule has 0 aliphatic carbocycles. The Labute approximate surface area is 98.3 Å². The van der Waals surface area contributed by atoms with Gasteiger partial charge in [0.25, 0.3) is 0 Å². The Morgan fingerprint density at radius 3 is 2.75 bits per heavy atom. The number of nitriles is 1. The third-order valence-corrected chi connectivity index (χ3v) is 2.82. The van der Waals surface area contributed by atoms with Gasteiger partial charge in [-0.05, 0) is 36.0 Å². The molecule has 0 heterocycles. The minimum atomic E-state index is 0.433. The number of hydrogen-bond donors (Lipinski definition) is 1. The Morgan fingerprint density at radius 1 is 1.38 bits per heavy atom. The Bertz CT molecular complexity index is 375. The number of aryl methyl sites for hydroxylation is 1. The van der Waals surface area contributed by atoms with Crippen LogP contribution in [0.25, 0.3) is 0 Å². The maximum Gasteiger partial charge on any atom is 0.0841 e. The van der Waals surface area contributed by atoms with E-state index in [-0.39, 0.29) is 0 Å². The zero-order valence-electron chi connectivity index (χ0n) is 10.4. The molecule has 0 bridgehead atoms. The molecule has 0 atom stereocenters. The van der Waals surface area contributed by atoms with Gasteiger partial charge in [0, 0.05) is 6.54 Å². The molecule has 1 rings (SSSR count). The molecule has 0 amide bonds. The fourth-order valence-corrected chi connectivity index (χ4v) is 1.69. The van der Waals surface area contributed by atoms with Crippen molar-refractivity contribution in [2.24, 2.45) is 0 Å². The Kier molecular flexibility index (Phi) is 5.01. The van der Waals surface area contributed by atoms with E-state index in [4.69, 9.17) is 5.26 Å². The quantitative estimate of drug-likeness (QED) is 0.607. The van der Waals surface area contributed by atoms with E-state index in [9.17, 15) is 0 Å². The third-order valence-electron chi connectivity index (χ3n) is 2.82. The van der Waals surface area contributed by atoms with Crippen LogP contribution in [0.1, 0.15) is 36.5 Å². The highest BCUT2D eigenvalue weighted by molar-refractivity contribution is 5.32. The average molecular weight is 216 g/mol. The van der Waals surface area contributed by atoms with E-state index in [0.29, 0.717) is 12.5 Å². The highest BCUT2D eigenvalue weighted by Crippen LogP contribution is 2.18. The van der Waals surface area contributed by atoms with Crippen molar-refractivity contribution in [1.82, 2.24) is 5.32 Å². The van der Waals surface area contributed by atoms with Crippen LogP contribution in [0.4, 0.5) is 0 Å². The van der Waals surface area contributed by atoms with Crippen LogP contribution in [-0.2, 0) is 6.42 Å². The van der Waals surface area contributed by atoms with Crippen molar-refractivity contribution in [1.29, 1.82) is 5.26 Å². The average Bonchev–Trinajstić information content (AvgIpc) is 2.26. The zero-order valence-corrected chi connectivity index (χ0v) is 10.4. The zero-order chi connectivity index (χ0) is 12.0. The molecule has 1 aromatic carbocycles. The largest absolute Gasteiger partial charge is 0.304 e. The lowest BCUT2D eigenvalue weighted by atomic mass is 9.96. The lowest BCUT2D eigenvalue weighted by Crippen LogP contribution is -2.17. The summed E-state index contributed by atoms with van der Waals surface area (Å²) in [4.78, 5) is 0. The van der Waals surface area contributed by atoms with Crippen molar-refractivity contribution >= 4 is 0 Å². The summed E-state index contributed by atoms with van der Waals surface area (Å²) < 4.78 is 0. The van der Waals surface area contributed by atoms with Crippen molar-refractivity contribution in [2.75, 3.05) is 13.1 Å². The van der Waals surface area contributed by atoms with Crippen molar-refractivity contribution in [2.45, 2.75) is 33.1 Å². The summed E-state index contributed by atoms with van der Waals surface area (Å²) in [5.41, 5.74) is 4.11. The number of rotatable bonds is 5. The van der Waals surface area contributed by atoms with Crippen LogP contribution in [0.2, 0.25) is 0 Å². The summed E-state index contributed by atoms with van der Waals surface area (Å²) in [6, 6.07) is 8.76. The van der Waals surface area contributed by atoms with E-state index >= 15 is 0 Å². The van der Waals surface area contributed by atoms with Crippen LogP contribution in [-0.4, -0.2) is 13.1 Å². The molecule has 0 saturated heterocycles. The number of hydrogen-bond acceptors (Lipinski definition) is 2. The molecule has 0 aliphatic heterocycles. The molecule has 0 aromatic heterocycles. The summed E-state index contributed by atoms with van der Waals surface area (Å²) in [7, 11) is 0. The minimum Gasteiger partial charge on any atom is -0.304 e. The third kappa shape index (κ3) is 3.67. The van der Waals surface area contributed by atoms with Crippen molar-refractivity contribution < 1.29 is 0 Å². The first-order chi connectivity index (χ1) is 7.65. The van der Waals surface area contributed by atoms with Gasteiger partial charge in [-0.25, -0.2) is 0 Å². The van der Waals surface area contributed by atoms with Crippen LogP contribution < -0.4 is 5.32 Å². The molecule has 2 heteroatoms. The van der Waals surface area contributed by atoms with Gasteiger partial charge in [0.2, 0.25) is 0 Å². The molecule has 0 radical (unpaired) electrons. The second-order valence-electron chi connectivity index (χ2n) is 4.43. The molecule has 0 spiro atoms. The standard InChI is InChI=1S/C14H20N2/c1-11(2)13-5-4-12(3)14(10-13)6-8-16-9-7-15/h4-5,10-11,16H,6,8-9H2,1-3H3. The van der Waals surface area contributed by atoms with E-state index in [1.807, 2.05) is 0 Å². The monoisotopic (exact) mass is 216 g/mol. The van der Waals surface area contributed by atoms with Gasteiger partial charge in [-0.15, -0.1) is 0 Å². The van der Waals surface area contributed by atoms with Gasteiger partial charge < -0.3 is 5.32 Å². The molecule has 86 valence electrons. The van der Waals surface area contributed by atoms with E-state index < -0.39 is 0 Å². The maximum absolute atomic E-state index is 8.42.